The summed E-state index contributed by atoms with van der Waals surface area (Å²) in [7, 11) is 0. The summed E-state index contributed by atoms with van der Waals surface area (Å²) in [6, 6.07) is 4.46. The van der Waals surface area contributed by atoms with E-state index in [0.717, 1.165) is 5.56 Å². The Labute approximate surface area is 96.9 Å². The van der Waals surface area contributed by atoms with Gasteiger partial charge in [0.25, 0.3) is 5.69 Å². The summed E-state index contributed by atoms with van der Waals surface area (Å²) in [6.07, 6.45) is 0. The third-order valence-corrected chi connectivity index (χ3v) is 2.00. The lowest BCUT2D eigenvalue weighted by molar-refractivity contribution is -0.384. The van der Waals surface area contributed by atoms with E-state index >= 15 is 0 Å². The second-order valence-corrected chi connectivity index (χ2v) is 3.39. The van der Waals surface area contributed by atoms with Gasteiger partial charge < -0.3 is 5.11 Å². The van der Waals surface area contributed by atoms with E-state index in [2.05, 4.69) is 10.5 Å². The van der Waals surface area contributed by atoms with Gasteiger partial charge in [-0.15, -0.1) is 0 Å². The molecule has 0 saturated heterocycles. The quantitative estimate of drug-likeness (QED) is 0.471. The Morgan fingerprint density at radius 3 is 2.71 bits per heavy atom. The van der Waals surface area contributed by atoms with Crippen molar-refractivity contribution < 1.29 is 14.8 Å². The normalized spacial score (nSPS) is 11.1. The third-order valence-electron chi connectivity index (χ3n) is 2.00. The van der Waals surface area contributed by atoms with Crippen LogP contribution in [0.15, 0.2) is 23.3 Å². The van der Waals surface area contributed by atoms with Gasteiger partial charge in [0.1, 0.15) is 11.4 Å². The van der Waals surface area contributed by atoms with Crippen molar-refractivity contribution in [3.63, 3.8) is 0 Å². The summed E-state index contributed by atoms with van der Waals surface area (Å²) in [4.78, 5) is 20.7. The molecule has 0 aromatic heterocycles. The molecule has 0 aliphatic carbocycles. The first-order valence-electron chi connectivity index (χ1n) is 4.70. The van der Waals surface area contributed by atoms with E-state index in [4.69, 9.17) is 5.11 Å². The first-order valence-corrected chi connectivity index (χ1v) is 4.70. The zero-order chi connectivity index (χ0) is 13.0. The van der Waals surface area contributed by atoms with Crippen molar-refractivity contribution >= 4 is 23.1 Å². The van der Waals surface area contributed by atoms with Gasteiger partial charge in [-0.2, -0.15) is 5.10 Å². The topological polar surface area (TPSA) is 105 Å². The van der Waals surface area contributed by atoms with Crippen LogP contribution in [0.4, 0.5) is 11.4 Å². The number of nitrogens with zero attached hydrogens (tertiary/aromatic N) is 2. The maximum Gasteiger partial charge on any atom is 0.351 e. The first kappa shape index (κ1) is 12.6. The number of nitro groups is 1. The molecule has 0 unspecified atom stereocenters. The van der Waals surface area contributed by atoms with Gasteiger partial charge in [-0.05, 0) is 25.5 Å². The van der Waals surface area contributed by atoms with Crippen molar-refractivity contribution in [1.29, 1.82) is 0 Å². The Balaban J connectivity index is 3.05. The van der Waals surface area contributed by atoms with E-state index in [9.17, 15) is 14.9 Å². The lowest BCUT2D eigenvalue weighted by Crippen LogP contribution is -2.10. The van der Waals surface area contributed by atoms with Crippen LogP contribution >= 0.6 is 0 Å². The highest BCUT2D eigenvalue weighted by atomic mass is 16.6. The van der Waals surface area contributed by atoms with Gasteiger partial charge in [0, 0.05) is 6.07 Å². The minimum absolute atomic E-state index is 0.155. The molecule has 0 heterocycles. The number of nitrogens with one attached hydrogen (secondary N) is 1. The van der Waals surface area contributed by atoms with Crippen molar-refractivity contribution in [2.45, 2.75) is 13.8 Å². The highest BCUT2D eigenvalue weighted by molar-refractivity contribution is 6.34. The summed E-state index contributed by atoms with van der Waals surface area (Å²) >= 11 is 0. The molecule has 1 rings (SSSR count). The molecule has 0 aliphatic rings. The van der Waals surface area contributed by atoms with E-state index in [1.807, 2.05) is 0 Å². The summed E-state index contributed by atoms with van der Waals surface area (Å²) in [5, 5.41) is 22.8. The fourth-order valence-corrected chi connectivity index (χ4v) is 1.09. The minimum Gasteiger partial charge on any atom is -0.477 e. The second kappa shape index (κ2) is 5.06. The molecule has 7 heteroatoms. The van der Waals surface area contributed by atoms with Gasteiger partial charge in [0.2, 0.25) is 0 Å². The molecule has 17 heavy (non-hydrogen) atoms. The smallest absolute Gasteiger partial charge is 0.351 e. The summed E-state index contributed by atoms with van der Waals surface area (Å²) in [6.45, 7) is 3.06. The molecule has 7 nitrogen and oxygen atoms in total. The largest absolute Gasteiger partial charge is 0.477 e. The Morgan fingerprint density at radius 2 is 2.18 bits per heavy atom. The molecule has 0 fully saturated rings. The van der Waals surface area contributed by atoms with Crippen LogP contribution in [-0.4, -0.2) is 21.7 Å². The number of carboxylic acids is 1. The number of rotatable bonds is 4. The molecular formula is C10H11N3O4. The van der Waals surface area contributed by atoms with Crippen LogP contribution in [0.3, 0.4) is 0 Å². The predicted octanol–water partition coefficient (Wildman–Crippen LogP) is 1.78. The molecule has 0 amide bonds. The highest BCUT2D eigenvalue weighted by Gasteiger charge is 2.13. The van der Waals surface area contributed by atoms with Gasteiger partial charge in [-0.25, -0.2) is 4.79 Å². The van der Waals surface area contributed by atoms with Gasteiger partial charge in [0.15, 0.2) is 0 Å². The maximum absolute atomic E-state index is 10.7. The number of aryl methyl sites for hydroxylation is 1. The Hall–Kier alpha value is -2.44. The van der Waals surface area contributed by atoms with Crippen LogP contribution in [0, 0.1) is 17.0 Å². The van der Waals surface area contributed by atoms with E-state index in [1.165, 1.54) is 19.1 Å². The number of hydrogen-bond donors (Lipinski definition) is 2. The first-order chi connectivity index (χ1) is 7.91. The SMILES string of the molecule is CC(=NNc1cc(C)ccc1[N+](=O)[O-])C(=O)O. The highest BCUT2D eigenvalue weighted by Crippen LogP contribution is 2.25. The summed E-state index contributed by atoms with van der Waals surface area (Å²) in [5.41, 5.74) is 3.02. The maximum atomic E-state index is 10.7. The molecular weight excluding hydrogens is 226 g/mol. The Kier molecular flexibility index (Phi) is 3.76. The summed E-state index contributed by atoms with van der Waals surface area (Å²) < 4.78 is 0. The monoisotopic (exact) mass is 237 g/mol. The standard InChI is InChI=1S/C10H11N3O4/c1-6-3-4-9(13(16)17)8(5-6)12-11-7(2)10(14)15/h3-5,12H,1-2H3,(H,14,15). The van der Waals surface area contributed by atoms with Gasteiger partial charge in [0.05, 0.1) is 4.92 Å². The van der Waals surface area contributed by atoms with Crippen molar-refractivity contribution in [2.24, 2.45) is 5.10 Å². The molecule has 90 valence electrons. The average molecular weight is 237 g/mol. The second-order valence-electron chi connectivity index (χ2n) is 3.39. The lowest BCUT2D eigenvalue weighted by Gasteiger charge is -2.03. The predicted molar refractivity (Wildman–Crippen MR) is 62.2 cm³/mol. The molecule has 1 aromatic rings. The van der Waals surface area contributed by atoms with Crippen LogP contribution in [0.2, 0.25) is 0 Å². The molecule has 0 spiro atoms. The number of aliphatic carboxylic acids is 1. The van der Waals surface area contributed by atoms with Crippen LogP contribution in [0.1, 0.15) is 12.5 Å². The van der Waals surface area contributed by atoms with Crippen LogP contribution in [0.25, 0.3) is 0 Å². The van der Waals surface area contributed by atoms with Crippen molar-refractivity contribution in [3.8, 4) is 0 Å². The number of anilines is 1. The number of carboxylic acid groups (broad SMARTS) is 1. The van der Waals surface area contributed by atoms with Crippen molar-refractivity contribution in [3.05, 3.63) is 33.9 Å². The van der Waals surface area contributed by atoms with E-state index in [1.54, 1.807) is 13.0 Å². The van der Waals surface area contributed by atoms with Crippen LogP contribution in [-0.2, 0) is 4.79 Å². The summed E-state index contributed by atoms with van der Waals surface area (Å²) in [5.74, 6) is -1.19. The third kappa shape index (κ3) is 3.26. The number of carbonyl (C=O) groups is 1. The molecule has 0 radical (unpaired) electrons. The van der Waals surface area contributed by atoms with E-state index in [-0.39, 0.29) is 17.1 Å². The molecule has 1 aromatic carbocycles. The van der Waals surface area contributed by atoms with E-state index in [0.29, 0.717) is 0 Å². The van der Waals surface area contributed by atoms with Crippen LogP contribution in [0.5, 0.6) is 0 Å². The Bertz CT molecular complexity index is 496. The number of hydrogen-bond acceptors (Lipinski definition) is 5. The lowest BCUT2D eigenvalue weighted by atomic mass is 10.2. The average Bonchev–Trinajstić information content (AvgIpc) is 2.25. The fourth-order valence-electron chi connectivity index (χ4n) is 1.09. The zero-order valence-electron chi connectivity index (χ0n) is 9.30. The number of benzene rings is 1. The van der Waals surface area contributed by atoms with Crippen LogP contribution < -0.4 is 5.43 Å². The Morgan fingerprint density at radius 1 is 1.53 bits per heavy atom. The van der Waals surface area contributed by atoms with Gasteiger partial charge in [-0.3, -0.25) is 15.5 Å². The van der Waals surface area contributed by atoms with Crippen molar-refractivity contribution in [2.75, 3.05) is 5.43 Å². The molecule has 0 saturated carbocycles. The molecule has 0 aliphatic heterocycles. The molecule has 0 bridgehead atoms. The zero-order valence-corrected chi connectivity index (χ0v) is 9.30. The molecule has 0 atom stereocenters. The minimum atomic E-state index is -1.19. The fraction of sp³-hybridized carbons (Fsp3) is 0.200. The number of hydrazone groups is 1. The van der Waals surface area contributed by atoms with E-state index < -0.39 is 10.9 Å². The van der Waals surface area contributed by atoms with Crippen molar-refractivity contribution in [1.82, 2.24) is 0 Å². The molecule has 2 N–H and O–H groups in total. The van der Waals surface area contributed by atoms with Gasteiger partial charge >= 0.3 is 5.97 Å². The van der Waals surface area contributed by atoms with Gasteiger partial charge in [-0.1, -0.05) is 6.07 Å². The number of nitro benzene ring substituents is 1.